The van der Waals surface area contributed by atoms with Crippen LogP contribution in [0.4, 0.5) is 5.69 Å². The minimum Gasteiger partial charge on any atom is -0.497 e. The zero-order valence-corrected chi connectivity index (χ0v) is 12.1. The van der Waals surface area contributed by atoms with Crippen LogP contribution in [0.3, 0.4) is 0 Å². The molecule has 0 amide bonds. The molecule has 19 heavy (non-hydrogen) atoms. The third-order valence-corrected chi connectivity index (χ3v) is 2.25. The van der Waals surface area contributed by atoms with Crippen LogP contribution >= 0.6 is 0 Å². The predicted octanol–water partition coefficient (Wildman–Crippen LogP) is 2.46. The van der Waals surface area contributed by atoms with E-state index in [0.717, 1.165) is 0 Å². The van der Waals surface area contributed by atoms with Gasteiger partial charge in [-0.3, -0.25) is 4.79 Å². The average Bonchev–Trinajstić information content (AvgIpc) is 2.33. The van der Waals surface area contributed by atoms with Crippen LogP contribution in [0.1, 0.15) is 20.8 Å². The Balaban J connectivity index is 2.68. The van der Waals surface area contributed by atoms with Crippen LogP contribution in [0.15, 0.2) is 18.2 Å². The van der Waals surface area contributed by atoms with E-state index in [1.807, 2.05) is 20.8 Å². The second-order valence-electron chi connectivity index (χ2n) is 5.01. The maximum atomic E-state index is 11.6. The molecule has 0 aliphatic rings. The van der Waals surface area contributed by atoms with Crippen molar-refractivity contribution < 1.29 is 19.0 Å². The van der Waals surface area contributed by atoms with Gasteiger partial charge in [0.05, 0.1) is 19.9 Å². The van der Waals surface area contributed by atoms with Crippen molar-refractivity contribution in [1.29, 1.82) is 0 Å². The van der Waals surface area contributed by atoms with Gasteiger partial charge in [-0.2, -0.15) is 0 Å². The quantitative estimate of drug-likeness (QED) is 0.830. The number of nitrogens with one attached hydrogen (secondary N) is 1. The van der Waals surface area contributed by atoms with Crippen molar-refractivity contribution in [3.8, 4) is 11.5 Å². The number of rotatable bonds is 5. The Kier molecular flexibility index (Phi) is 5.03. The second kappa shape index (κ2) is 6.31. The Morgan fingerprint density at radius 3 is 2.42 bits per heavy atom. The Morgan fingerprint density at radius 1 is 1.21 bits per heavy atom. The van der Waals surface area contributed by atoms with Gasteiger partial charge in [0.1, 0.15) is 23.6 Å². The van der Waals surface area contributed by atoms with E-state index in [4.69, 9.17) is 14.2 Å². The van der Waals surface area contributed by atoms with Crippen LogP contribution in [0.5, 0.6) is 11.5 Å². The minimum absolute atomic E-state index is 0.0702. The molecule has 1 rings (SSSR count). The minimum atomic E-state index is -0.489. The summed E-state index contributed by atoms with van der Waals surface area (Å²) in [7, 11) is 3.15. The lowest BCUT2D eigenvalue weighted by Gasteiger charge is -2.20. The predicted molar refractivity (Wildman–Crippen MR) is 73.9 cm³/mol. The van der Waals surface area contributed by atoms with Gasteiger partial charge >= 0.3 is 5.97 Å². The highest BCUT2D eigenvalue weighted by Gasteiger charge is 2.16. The molecule has 0 radical (unpaired) electrons. The number of ether oxygens (including phenoxy) is 3. The standard InChI is InChI=1S/C14H21NO4/c1-14(2,3)19-13(16)9-15-11-8-10(17-4)6-7-12(11)18-5/h6-8,15H,9H2,1-5H3. The van der Waals surface area contributed by atoms with Gasteiger partial charge in [0.15, 0.2) is 0 Å². The first-order valence-corrected chi connectivity index (χ1v) is 6.03. The van der Waals surface area contributed by atoms with Crippen LogP contribution in [0, 0.1) is 0 Å². The summed E-state index contributed by atoms with van der Waals surface area (Å²) in [6, 6.07) is 5.33. The zero-order chi connectivity index (χ0) is 14.5. The molecule has 0 bridgehead atoms. The molecule has 0 unspecified atom stereocenters. The first-order chi connectivity index (χ1) is 8.85. The van der Waals surface area contributed by atoms with Gasteiger partial charge in [-0.25, -0.2) is 0 Å². The monoisotopic (exact) mass is 267 g/mol. The molecule has 0 saturated heterocycles. The number of anilines is 1. The zero-order valence-electron chi connectivity index (χ0n) is 12.1. The summed E-state index contributed by atoms with van der Waals surface area (Å²) in [5.74, 6) is 1.01. The SMILES string of the molecule is COc1ccc(OC)c(NCC(=O)OC(C)(C)C)c1. The van der Waals surface area contributed by atoms with Crippen LogP contribution < -0.4 is 14.8 Å². The van der Waals surface area contributed by atoms with Crippen LogP contribution in [0.2, 0.25) is 0 Å². The fourth-order valence-corrected chi connectivity index (χ4v) is 1.50. The Labute approximate surface area is 113 Å². The highest BCUT2D eigenvalue weighted by molar-refractivity contribution is 5.76. The molecule has 0 heterocycles. The van der Waals surface area contributed by atoms with Gasteiger partial charge in [0.2, 0.25) is 0 Å². The molecule has 0 fully saturated rings. The summed E-state index contributed by atoms with van der Waals surface area (Å²) >= 11 is 0. The van der Waals surface area contributed by atoms with E-state index < -0.39 is 5.60 Å². The van der Waals surface area contributed by atoms with Crippen LogP contribution in [-0.4, -0.2) is 32.3 Å². The van der Waals surface area contributed by atoms with Crippen molar-refractivity contribution >= 4 is 11.7 Å². The van der Waals surface area contributed by atoms with E-state index in [1.165, 1.54) is 0 Å². The van der Waals surface area contributed by atoms with Gasteiger partial charge in [-0.1, -0.05) is 0 Å². The number of carbonyl (C=O) groups is 1. The molecule has 0 aromatic heterocycles. The molecule has 106 valence electrons. The number of benzene rings is 1. The lowest BCUT2D eigenvalue weighted by Crippen LogP contribution is -2.28. The highest BCUT2D eigenvalue weighted by atomic mass is 16.6. The number of hydrogen-bond donors (Lipinski definition) is 1. The fraction of sp³-hybridized carbons (Fsp3) is 0.500. The summed E-state index contributed by atoms with van der Waals surface area (Å²) in [6.07, 6.45) is 0. The number of methoxy groups -OCH3 is 2. The lowest BCUT2D eigenvalue weighted by molar-refractivity contribution is -0.152. The van der Waals surface area contributed by atoms with Gasteiger partial charge in [-0.05, 0) is 32.9 Å². The number of esters is 1. The summed E-state index contributed by atoms with van der Waals surface area (Å²) in [5.41, 5.74) is 0.199. The smallest absolute Gasteiger partial charge is 0.325 e. The molecule has 0 atom stereocenters. The van der Waals surface area contributed by atoms with Crippen molar-refractivity contribution in [1.82, 2.24) is 0 Å². The third kappa shape index (κ3) is 5.07. The van der Waals surface area contributed by atoms with Crippen LogP contribution in [0.25, 0.3) is 0 Å². The van der Waals surface area contributed by atoms with Crippen molar-refractivity contribution in [2.24, 2.45) is 0 Å². The van der Waals surface area contributed by atoms with Crippen LogP contribution in [-0.2, 0) is 9.53 Å². The summed E-state index contributed by atoms with van der Waals surface area (Å²) in [6.45, 7) is 5.56. The van der Waals surface area contributed by atoms with E-state index in [0.29, 0.717) is 17.2 Å². The first kappa shape index (κ1) is 15.1. The Morgan fingerprint density at radius 2 is 1.89 bits per heavy atom. The summed E-state index contributed by atoms with van der Waals surface area (Å²) < 4.78 is 15.6. The number of hydrogen-bond acceptors (Lipinski definition) is 5. The molecule has 5 heteroatoms. The summed E-state index contributed by atoms with van der Waals surface area (Å²) in [4.78, 5) is 11.6. The van der Waals surface area contributed by atoms with Crippen molar-refractivity contribution in [2.75, 3.05) is 26.1 Å². The number of carbonyl (C=O) groups excluding carboxylic acids is 1. The first-order valence-electron chi connectivity index (χ1n) is 6.03. The molecule has 0 saturated carbocycles. The molecule has 5 nitrogen and oxygen atoms in total. The molecule has 1 aromatic rings. The third-order valence-electron chi connectivity index (χ3n) is 2.25. The van der Waals surface area contributed by atoms with Gasteiger partial charge in [-0.15, -0.1) is 0 Å². The molecule has 0 spiro atoms. The van der Waals surface area contributed by atoms with Crippen molar-refractivity contribution in [2.45, 2.75) is 26.4 Å². The normalized spacial score (nSPS) is 10.8. The molecular weight excluding hydrogens is 246 g/mol. The van der Waals surface area contributed by atoms with E-state index in [9.17, 15) is 4.79 Å². The fourth-order valence-electron chi connectivity index (χ4n) is 1.50. The molecule has 0 aliphatic heterocycles. The van der Waals surface area contributed by atoms with Gasteiger partial charge < -0.3 is 19.5 Å². The molecular formula is C14H21NO4. The van der Waals surface area contributed by atoms with Crippen molar-refractivity contribution in [3.63, 3.8) is 0 Å². The molecule has 1 aromatic carbocycles. The lowest BCUT2D eigenvalue weighted by atomic mass is 10.2. The van der Waals surface area contributed by atoms with E-state index >= 15 is 0 Å². The molecule has 0 aliphatic carbocycles. The van der Waals surface area contributed by atoms with E-state index in [-0.39, 0.29) is 12.5 Å². The highest BCUT2D eigenvalue weighted by Crippen LogP contribution is 2.28. The Hall–Kier alpha value is -1.91. The maximum absolute atomic E-state index is 11.6. The topological polar surface area (TPSA) is 56.8 Å². The van der Waals surface area contributed by atoms with Crippen molar-refractivity contribution in [3.05, 3.63) is 18.2 Å². The van der Waals surface area contributed by atoms with Gasteiger partial charge in [0.25, 0.3) is 0 Å². The maximum Gasteiger partial charge on any atom is 0.325 e. The molecule has 1 N–H and O–H groups in total. The van der Waals surface area contributed by atoms with E-state index in [1.54, 1.807) is 32.4 Å². The average molecular weight is 267 g/mol. The Bertz CT molecular complexity index is 438. The summed E-state index contributed by atoms with van der Waals surface area (Å²) in [5, 5.41) is 2.98. The van der Waals surface area contributed by atoms with E-state index in [2.05, 4.69) is 5.32 Å². The van der Waals surface area contributed by atoms with Gasteiger partial charge in [0, 0.05) is 6.07 Å². The second-order valence-corrected chi connectivity index (χ2v) is 5.01. The largest absolute Gasteiger partial charge is 0.497 e.